The summed E-state index contributed by atoms with van der Waals surface area (Å²) in [4.78, 5) is 3.33. The first-order valence-corrected chi connectivity index (χ1v) is 22.4. The summed E-state index contributed by atoms with van der Waals surface area (Å²) in [6.45, 7) is 0.448. The lowest BCUT2D eigenvalue weighted by Crippen LogP contribution is -2.42. The van der Waals surface area contributed by atoms with Crippen molar-refractivity contribution in [1.82, 2.24) is 10.3 Å². The second-order valence-electron chi connectivity index (χ2n) is 16.2. The van der Waals surface area contributed by atoms with Gasteiger partial charge in [0, 0.05) is 77.8 Å². The van der Waals surface area contributed by atoms with E-state index in [0.29, 0.717) is 49.6 Å². The molecule has 298 valence electrons. The monoisotopic (exact) mass is 791 g/mol. The normalized spacial score (nSPS) is 35.5. The maximum atomic E-state index is 11.9. The third kappa shape index (κ3) is 9.09. The molecule has 2 aliphatic heterocycles. The molecule has 0 radical (unpaired) electrons. The smallest absolute Gasteiger partial charge is 0.161 e. The molecular weight excluding hydrogens is 735 g/mol. The second-order valence-corrected chi connectivity index (χ2v) is 18.7. The van der Waals surface area contributed by atoms with Crippen LogP contribution in [0.15, 0.2) is 71.7 Å². The average Bonchev–Trinajstić information content (AvgIpc) is 3.53. The van der Waals surface area contributed by atoms with E-state index in [4.69, 9.17) is 10.5 Å². The summed E-state index contributed by atoms with van der Waals surface area (Å²) >= 11 is 0. The van der Waals surface area contributed by atoms with E-state index in [9.17, 15) is 30.6 Å². The van der Waals surface area contributed by atoms with Crippen LogP contribution in [0.3, 0.4) is 0 Å². The SMILES string of the molecule is NC1=C2CSSC[C@H](CO)[C@@H](O)[C@H](Oc3cc([C@H]4C=C[C@H]5C#C[C@]6(CCO)CCC[C@@H](CC6)[C@H](O)[C@@H]5[C@H](O)C4)ccc3O)C[C@H](Cc3ccc[nH]3)C2=CCN1. The molecule has 12 heteroatoms. The van der Waals surface area contributed by atoms with E-state index in [1.54, 1.807) is 33.7 Å². The highest BCUT2D eigenvalue weighted by molar-refractivity contribution is 8.76. The third-order valence-electron chi connectivity index (χ3n) is 12.8. The van der Waals surface area contributed by atoms with E-state index < -0.39 is 36.3 Å². The molecule has 2 bridgehead atoms. The van der Waals surface area contributed by atoms with E-state index in [-0.39, 0.29) is 53.8 Å². The highest BCUT2D eigenvalue weighted by Crippen LogP contribution is 2.46. The molecule has 5 aliphatic rings. The van der Waals surface area contributed by atoms with Gasteiger partial charge >= 0.3 is 0 Å². The van der Waals surface area contributed by atoms with Gasteiger partial charge in [-0.15, -0.1) is 0 Å². The Balaban J connectivity index is 1.20. The van der Waals surface area contributed by atoms with Gasteiger partial charge in [-0.25, -0.2) is 0 Å². The van der Waals surface area contributed by atoms with E-state index >= 15 is 0 Å². The van der Waals surface area contributed by atoms with Crippen LogP contribution < -0.4 is 15.8 Å². The minimum atomic E-state index is -1.04. The zero-order chi connectivity index (χ0) is 38.5. The zero-order valence-electron chi connectivity index (χ0n) is 31.4. The first-order chi connectivity index (χ1) is 26.7. The molecule has 1 saturated carbocycles. The molecule has 0 unspecified atom stereocenters. The van der Waals surface area contributed by atoms with Crippen molar-refractivity contribution < 1.29 is 35.4 Å². The summed E-state index contributed by atoms with van der Waals surface area (Å²) < 4.78 is 6.69. The highest BCUT2D eigenvalue weighted by atomic mass is 33.1. The third-order valence-corrected chi connectivity index (χ3v) is 15.2. The molecule has 3 aliphatic carbocycles. The molecule has 1 aromatic heterocycles. The number of ether oxygens (including phenoxy) is 1. The van der Waals surface area contributed by atoms with E-state index in [1.165, 1.54) is 0 Å². The van der Waals surface area contributed by atoms with Crippen molar-refractivity contribution in [2.45, 2.75) is 88.1 Å². The van der Waals surface area contributed by atoms with Crippen LogP contribution in [0.25, 0.3) is 0 Å². The molecule has 0 amide bonds. The lowest BCUT2D eigenvalue weighted by atomic mass is 9.76. The lowest BCUT2D eigenvalue weighted by molar-refractivity contribution is -0.0344. The van der Waals surface area contributed by atoms with Gasteiger partial charge in [0.05, 0.1) is 18.3 Å². The predicted octanol–water partition coefficient (Wildman–Crippen LogP) is 4.74. The van der Waals surface area contributed by atoms with Gasteiger partial charge in [0.1, 0.15) is 11.9 Å². The molecule has 3 heterocycles. The summed E-state index contributed by atoms with van der Waals surface area (Å²) in [7, 11) is 3.24. The predicted molar refractivity (Wildman–Crippen MR) is 218 cm³/mol. The van der Waals surface area contributed by atoms with Crippen molar-refractivity contribution in [3.63, 3.8) is 0 Å². The fourth-order valence-electron chi connectivity index (χ4n) is 9.59. The number of rotatable bonds is 8. The standard InChI is InChI=1S/C43H57N3O7S2/c44-42-34-25-55-54-24-31(23-48)40(51)38(22-30(33(34)11-17-46-42)19-32-4-2-16-45-32)53-37-21-29(7-8-35(37)49)28-6-5-26-9-13-43(15-18-47)12-1-3-27(10-14-43)41(52)39(26)36(50)20-28/h2,4-8,11,16,21,26-28,30-31,36,38-41,45-52H,1,3,10,12,14-15,17-20,22-25,44H2/t26-,27-,28-,30-,31-,36+,38+,39-,40+,41-,43+/m0/s1. The summed E-state index contributed by atoms with van der Waals surface area (Å²) in [5.74, 6) is 7.45. The number of H-pyrrole nitrogens is 1. The number of aliphatic hydroxyl groups is 5. The lowest BCUT2D eigenvalue weighted by Gasteiger charge is -2.34. The van der Waals surface area contributed by atoms with Crippen LogP contribution in [-0.2, 0) is 6.42 Å². The quantitative estimate of drug-likeness (QED) is 0.102. The van der Waals surface area contributed by atoms with Gasteiger partial charge in [-0.1, -0.05) is 64.1 Å². The molecule has 1 saturated heterocycles. The van der Waals surface area contributed by atoms with Crippen LogP contribution >= 0.6 is 21.6 Å². The summed E-state index contributed by atoms with van der Waals surface area (Å²) in [5.41, 5.74) is 10.3. The average molecular weight is 792 g/mol. The molecule has 10 nitrogen and oxygen atoms in total. The molecule has 55 heavy (non-hydrogen) atoms. The molecule has 7 rings (SSSR count). The summed E-state index contributed by atoms with van der Waals surface area (Å²) in [5, 5.41) is 70.5. The zero-order valence-corrected chi connectivity index (χ0v) is 33.0. The number of aromatic amines is 1. The Bertz CT molecular complexity index is 1770. The van der Waals surface area contributed by atoms with Crippen molar-refractivity contribution in [1.29, 1.82) is 0 Å². The molecule has 2 aromatic rings. The molecule has 0 spiro atoms. The molecule has 10 N–H and O–H groups in total. The van der Waals surface area contributed by atoms with Crippen molar-refractivity contribution in [2.24, 2.45) is 40.7 Å². The Morgan fingerprint density at radius 1 is 1.02 bits per heavy atom. The number of fused-ring (bicyclic) bond motifs is 5. The van der Waals surface area contributed by atoms with Crippen LogP contribution in [0, 0.1) is 46.8 Å². The van der Waals surface area contributed by atoms with Gasteiger partial charge in [-0.3, -0.25) is 0 Å². The van der Waals surface area contributed by atoms with Crippen LogP contribution in [0.2, 0.25) is 0 Å². The number of hydrogen-bond acceptors (Lipinski definition) is 11. The maximum absolute atomic E-state index is 11.9. The number of aliphatic hydroxyl groups excluding tert-OH is 5. The van der Waals surface area contributed by atoms with Gasteiger partial charge in [-0.05, 0) is 98.6 Å². The number of aromatic nitrogens is 1. The number of allylic oxidation sites excluding steroid dienone is 3. The van der Waals surface area contributed by atoms with Gasteiger partial charge in [0.2, 0.25) is 0 Å². The van der Waals surface area contributed by atoms with E-state index in [0.717, 1.165) is 54.5 Å². The number of hydrogen-bond donors (Lipinski definition) is 9. The van der Waals surface area contributed by atoms with Crippen molar-refractivity contribution >= 4 is 21.6 Å². The fraction of sp³-hybridized carbons (Fsp3) is 0.581. The minimum absolute atomic E-state index is 0.0558. The Labute approximate surface area is 332 Å². The first-order valence-electron chi connectivity index (χ1n) is 19.9. The highest BCUT2D eigenvalue weighted by Gasteiger charge is 2.43. The van der Waals surface area contributed by atoms with Crippen molar-refractivity contribution in [3.05, 3.63) is 83.0 Å². The van der Waals surface area contributed by atoms with Gasteiger partial charge in [0.15, 0.2) is 11.5 Å². The van der Waals surface area contributed by atoms with Gasteiger partial charge in [0.25, 0.3) is 0 Å². The van der Waals surface area contributed by atoms with E-state index in [1.807, 2.05) is 30.5 Å². The van der Waals surface area contributed by atoms with E-state index in [2.05, 4.69) is 34.3 Å². The molecule has 11 atom stereocenters. The summed E-state index contributed by atoms with van der Waals surface area (Å²) in [6.07, 6.45) is 11.2. The first kappa shape index (κ1) is 40.2. The van der Waals surface area contributed by atoms with Gasteiger partial charge in [-0.2, -0.15) is 0 Å². The molecule has 1 aromatic carbocycles. The number of dihydropyridines is 1. The Morgan fingerprint density at radius 2 is 1.89 bits per heavy atom. The van der Waals surface area contributed by atoms with Gasteiger partial charge < -0.3 is 51.4 Å². The Kier molecular flexibility index (Phi) is 13.2. The molecular formula is C43H57N3O7S2. The number of phenolic OH excluding ortho intramolecular Hbond substituents is 1. The number of benzene rings is 1. The topological polar surface area (TPSA) is 184 Å². The van der Waals surface area contributed by atoms with Crippen LogP contribution in [0.1, 0.15) is 68.5 Å². The van der Waals surface area contributed by atoms with Crippen LogP contribution in [0.4, 0.5) is 0 Å². The number of aromatic hydroxyl groups is 1. The Hall–Kier alpha value is -3.02. The number of nitrogens with one attached hydrogen (secondary N) is 2. The molecule has 2 fully saturated rings. The largest absolute Gasteiger partial charge is 0.504 e. The summed E-state index contributed by atoms with van der Waals surface area (Å²) in [6, 6.07) is 9.24. The van der Waals surface area contributed by atoms with Crippen molar-refractivity contribution in [2.75, 3.05) is 31.3 Å². The minimum Gasteiger partial charge on any atom is -0.504 e. The Morgan fingerprint density at radius 3 is 2.69 bits per heavy atom. The van der Waals surface area contributed by atoms with Crippen molar-refractivity contribution in [3.8, 4) is 23.3 Å². The second kappa shape index (κ2) is 18.1. The number of phenols is 1. The fourth-order valence-corrected chi connectivity index (χ4v) is 12.1. The van der Waals surface area contributed by atoms with Crippen LogP contribution in [-0.4, -0.2) is 91.3 Å². The number of nitrogens with two attached hydrogens (primary N) is 1. The van der Waals surface area contributed by atoms with Crippen LogP contribution in [0.5, 0.6) is 11.5 Å². The maximum Gasteiger partial charge on any atom is 0.161 e.